The molecule has 10 heteroatoms. The average molecular weight is 444 g/mol. The van der Waals surface area contributed by atoms with E-state index in [1.807, 2.05) is 0 Å². The van der Waals surface area contributed by atoms with E-state index in [9.17, 15) is 15.0 Å². The number of carboxylic acids is 1. The highest BCUT2D eigenvalue weighted by Gasteiger charge is 2.17. The Morgan fingerprint density at radius 2 is 1.78 bits per heavy atom. The van der Waals surface area contributed by atoms with Gasteiger partial charge in [-0.2, -0.15) is 0 Å². The molecule has 0 saturated carbocycles. The molecular formula is C17H9Cl3N2O4S. The summed E-state index contributed by atoms with van der Waals surface area (Å²) in [5.41, 5.74) is 0.786. The summed E-state index contributed by atoms with van der Waals surface area (Å²) in [4.78, 5) is 11.4. The van der Waals surface area contributed by atoms with Gasteiger partial charge >= 0.3 is 5.97 Å². The van der Waals surface area contributed by atoms with E-state index in [0.717, 1.165) is 11.8 Å². The van der Waals surface area contributed by atoms with Crippen LogP contribution in [0.1, 0.15) is 5.56 Å². The smallest absolute Gasteiger partial charge is 0.342 e. The van der Waals surface area contributed by atoms with Crippen LogP contribution >= 0.6 is 46.6 Å². The molecule has 1 aromatic heterocycles. The van der Waals surface area contributed by atoms with Gasteiger partial charge in [0.15, 0.2) is 0 Å². The summed E-state index contributed by atoms with van der Waals surface area (Å²) in [5, 5.41) is 28.0. The fourth-order valence-corrected chi connectivity index (χ4v) is 3.32. The largest absolute Gasteiger partial charge is 0.506 e. The van der Waals surface area contributed by atoms with E-state index in [-0.39, 0.29) is 37.4 Å². The van der Waals surface area contributed by atoms with Crippen molar-refractivity contribution in [2.24, 2.45) is 0 Å². The van der Waals surface area contributed by atoms with Crippen molar-refractivity contribution in [1.82, 2.24) is 10.2 Å². The number of nitrogens with zero attached hydrogens (tertiary/aromatic N) is 2. The van der Waals surface area contributed by atoms with Crippen molar-refractivity contribution in [3.8, 4) is 17.2 Å². The van der Waals surface area contributed by atoms with Gasteiger partial charge in [-0.1, -0.05) is 34.8 Å². The number of carboxylic acid groups (broad SMARTS) is 1. The minimum atomic E-state index is -1.25. The van der Waals surface area contributed by atoms with E-state index in [1.54, 1.807) is 24.3 Å². The molecule has 2 N–H and O–H groups in total. The minimum absolute atomic E-state index is 0.00584. The van der Waals surface area contributed by atoms with Crippen molar-refractivity contribution >= 4 is 58.6 Å². The number of phenolic OH excluding ortho intramolecular Hbond substituents is 1. The normalized spacial score (nSPS) is 11.6. The number of aromatic hydroxyl groups is 1. The quantitative estimate of drug-likeness (QED) is 0.390. The lowest BCUT2D eigenvalue weighted by Gasteiger charge is -2.04. The molecule has 3 aromatic rings. The molecular weight excluding hydrogens is 435 g/mol. The van der Waals surface area contributed by atoms with Crippen molar-refractivity contribution in [3.63, 3.8) is 0 Å². The highest BCUT2D eigenvalue weighted by atomic mass is 35.5. The Hall–Kier alpha value is -2.19. The first-order valence-electron chi connectivity index (χ1n) is 7.24. The van der Waals surface area contributed by atoms with Crippen LogP contribution in [0.3, 0.4) is 0 Å². The second-order valence-corrected chi connectivity index (χ2v) is 7.39. The maximum atomic E-state index is 11.6. The van der Waals surface area contributed by atoms with Crippen molar-refractivity contribution in [3.05, 3.63) is 61.9 Å². The molecule has 27 heavy (non-hydrogen) atoms. The van der Waals surface area contributed by atoms with Crippen LogP contribution in [0.15, 0.2) is 50.9 Å². The highest BCUT2D eigenvalue weighted by molar-refractivity contribution is 8.03. The summed E-state index contributed by atoms with van der Waals surface area (Å²) in [6, 6.07) is 9.47. The van der Waals surface area contributed by atoms with E-state index in [1.165, 1.54) is 18.2 Å². The van der Waals surface area contributed by atoms with E-state index >= 15 is 0 Å². The van der Waals surface area contributed by atoms with Crippen molar-refractivity contribution in [2.75, 3.05) is 0 Å². The zero-order valence-electron chi connectivity index (χ0n) is 13.2. The van der Waals surface area contributed by atoms with E-state index < -0.39 is 5.97 Å². The molecule has 0 fully saturated rings. The van der Waals surface area contributed by atoms with Crippen LogP contribution in [0.25, 0.3) is 17.5 Å². The Labute approximate surface area is 172 Å². The van der Waals surface area contributed by atoms with Gasteiger partial charge in [0, 0.05) is 21.2 Å². The van der Waals surface area contributed by atoms with Gasteiger partial charge in [0.25, 0.3) is 5.22 Å². The first-order valence-corrected chi connectivity index (χ1v) is 9.19. The van der Waals surface area contributed by atoms with Gasteiger partial charge in [-0.05, 0) is 54.2 Å². The molecule has 0 radical (unpaired) electrons. The third kappa shape index (κ3) is 4.75. The molecule has 0 atom stereocenters. The summed E-state index contributed by atoms with van der Waals surface area (Å²) >= 11 is 18.3. The molecule has 0 aliphatic carbocycles. The Morgan fingerprint density at radius 1 is 1.07 bits per heavy atom. The molecule has 6 nitrogen and oxygen atoms in total. The maximum Gasteiger partial charge on any atom is 0.342 e. The molecule has 2 aromatic carbocycles. The molecule has 0 spiro atoms. The first-order chi connectivity index (χ1) is 12.8. The summed E-state index contributed by atoms with van der Waals surface area (Å²) in [6.45, 7) is 0. The Balaban J connectivity index is 1.90. The van der Waals surface area contributed by atoms with Gasteiger partial charge in [-0.3, -0.25) is 0 Å². The van der Waals surface area contributed by atoms with Crippen LogP contribution in [-0.4, -0.2) is 26.4 Å². The van der Waals surface area contributed by atoms with Gasteiger partial charge in [-0.15, -0.1) is 10.2 Å². The number of phenols is 1. The molecule has 0 aliphatic heterocycles. The second kappa shape index (κ2) is 8.22. The fourth-order valence-electron chi connectivity index (χ4n) is 2.03. The molecule has 0 saturated heterocycles. The van der Waals surface area contributed by atoms with Gasteiger partial charge < -0.3 is 14.6 Å². The Kier molecular flexibility index (Phi) is 5.96. The topological polar surface area (TPSA) is 96.5 Å². The summed E-state index contributed by atoms with van der Waals surface area (Å²) in [5.74, 6) is -1.32. The van der Waals surface area contributed by atoms with Gasteiger partial charge in [-0.25, -0.2) is 4.79 Å². The highest BCUT2D eigenvalue weighted by Crippen LogP contribution is 2.36. The number of aliphatic carboxylic acids is 1. The lowest BCUT2D eigenvalue weighted by atomic mass is 10.2. The van der Waals surface area contributed by atoms with Gasteiger partial charge in [0.2, 0.25) is 5.89 Å². The molecule has 0 bridgehead atoms. The molecule has 138 valence electrons. The van der Waals surface area contributed by atoms with Crippen LogP contribution in [0.2, 0.25) is 15.1 Å². The zero-order valence-corrected chi connectivity index (χ0v) is 16.3. The average Bonchev–Trinajstić information content (AvgIpc) is 3.07. The molecule has 1 heterocycles. The van der Waals surface area contributed by atoms with Crippen LogP contribution in [-0.2, 0) is 4.79 Å². The molecule has 0 amide bonds. The Bertz CT molecular complexity index is 1040. The predicted octanol–water partition coefficient (Wildman–Crippen LogP) is 5.62. The number of hydrogen-bond acceptors (Lipinski definition) is 6. The fraction of sp³-hybridized carbons (Fsp3) is 0. The van der Waals surface area contributed by atoms with Gasteiger partial charge in [0.05, 0.1) is 5.02 Å². The number of thioether (sulfide) groups is 1. The van der Waals surface area contributed by atoms with E-state index in [4.69, 9.17) is 39.2 Å². The number of rotatable bonds is 5. The lowest BCUT2D eigenvalue weighted by Crippen LogP contribution is -1.97. The van der Waals surface area contributed by atoms with E-state index in [2.05, 4.69) is 10.2 Å². The first kappa shape index (κ1) is 19.6. The maximum absolute atomic E-state index is 11.6. The molecule has 0 unspecified atom stereocenters. The minimum Gasteiger partial charge on any atom is -0.506 e. The van der Waals surface area contributed by atoms with Crippen molar-refractivity contribution in [2.45, 2.75) is 5.22 Å². The van der Waals surface area contributed by atoms with Crippen LogP contribution < -0.4 is 0 Å². The number of benzene rings is 2. The third-order valence-electron chi connectivity index (χ3n) is 3.25. The SMILES string of the molecule is O=C(O)/C(=C/c1cc(Cl)cc(Cl)c1O)Sc1nnc(-c2ccc(Cl)cc2)o1. The standard InChI is InChI=1S/C17H9Cl3N2O4S/c18-10-3-1-8(2-4-10)15-21-22-17(26-15)27-13(16(24)25)6-9-5-11(19)7-12(20)14(9)23/h1-7,23H,(H,24,25)/b13-6-. The lowest BCUT2D eigenvalue weighted by molar-refractivity contribution is -0.131. The summed E-state index contributed by atoms with van der Waals surface area (Å²) in [7, 11) is 0. The van der Waals surface area contributed by atoms with Crippen molar-refractivity contribution < 1.29 is 19.4 Å². The second-order valence-electron chi connectivity index (χ2n) is 5.12. The monoisotopic (exact) mass is 442 g/mol. The summed E-state index contributed by atoms with van der Waals surface area (Å²) in [6.07, 6.45) is 1.21. The number of hydrogen-bond donors (Lipinski definition) is 2. The third-order valence-corrected chi connectivity index (χ3v) is 4.86. The van der Waals surface area contributed by atoms with Crippen LogP contribution in [0, 0.1) is 0 Å². The predicted molar refractivity (Wildman–Crippen MR) is 104 cm³/mol. The van der Waals surface area contributed by atoms with E-state index in [0.29, 0.717) is 10.6 Å². The Morgan fingerprint density at radius 3 is 2.44 bits per heavy atom. The number of aromatic nitrogens is 2. The summed E-state index contributed by atoms with van der Waals surface area (Å²) < 4.78 is 5.48. The molecule has 0 aliphatic rings. The zero-order chi connectivity index (χ0) is 19.6. The number of halogens is 3. The van der Waals surface area contributed by atoms with Crippen LogP contribution in [0.4, 0.5) is 0 Å². The van der Waals surface area contributed by atoms with Crippen molar-refractivity contribution in [1.29, 1.82) is 0 Å². The molecule has 3 rings (SSSR count). The van der Waals surface area contributed by atoms with Crippen LogP contribution in [0.5, 0.6) is 5.75 Å². The van der Waals surface area contributed by atoms with Gasteiger partial charge in [0.1, 0.15) is 10.7 Å². The number of carbonyl (C=O) groups is 1.